The maximum Gasteiger partial charge on any atom is 0.129 e. The quantitative estimate of drug-likeness (QED) is 0.464. The van der Waals surface area contributed by atoms with E-state index in [1.165, 1.54) is 11.8 Å². The van der Waals surface area contributed by atoms with E-state index in [1.54, 1.807) is 6.08 Å². The molecular weight excluding hydrogens is 288 g/mol. The largest absolute Gasteiger partial charge is 0.516 e. The van der Waals surface area contributed by atoms with Gasteiger partial charge in [0, 0.05) is 11.0 Å². The summed E-state index contributed by atoms with van der Waals surface area (Å²) >= 11 is 0. The van der Waals surface area contributed by atoms with Gasteiger partial charge in [0.25, 0.3) is 0 Å². The lowest BCUT2D eigenvalue weighted by Crippen LogP contribution is -2.47. The molecule has 0 spiro atoms. The van der Waals surface area contributed by atoms with Crippen LogP contribution in [0.2, 0.25) is 0 Å². The molecule has 0 aliphatic heterocycles. The highest BCUT2D eigenvalue weighted by Crippen LogP contribution is 2.64. The highest BCUT2D eigenvalue weighted by molar-refractivity contribution is 5.44. The Labute approximate surface area is 137 Å². The van der Waals surface area contributed by atoms with Gasteiger partial charge in [0.05, 0.1) is 6.26 Å². The fourth-order valence-electron chi connectivity index (χ4n) is 5.93. The molecule has 4 aliphatic carbocycles. The molecule has 0 bridgehead atoms. The summed E-state index contributed by atoms with van der Waals surface area (Å²) in [6.45, 7) is 4.50. The number of aliphatic hydroxyl groups is 3. The Bertz CT molecular complexity index is 656. The van der Waals surface area contributed by atoms with Crippen LogP contribution in [0.25, 0.3) is 0 Å². The molecule has 0 saturated heterocycles. The Hall–Kier alpha value is -1.48. The first-order valence-electron chi connectivity index (χ1n) is 8.75. The summed E-state index contributed by atoms with van der Waals surface area (Å²) in [6, 6.07) is 0. The van der Waals surface area contributed by atoms with Crippen LogP contribution in [-0.2, 0) is 0 Å². The third-order valence-corrected chi connectivity index (χ3v) is 7.35. The van der Waals surface area contributed by atoms with E-state index >= 15 is 0 Å². The Balaban J connectivity index is 1.79. The molecule has 0 aromatic carbocycles. The van der Waals surface area contributed by atoms with Gasteiger partial charge in [-0.1, -0.05) is 38.2 Å². The third kappa shape index (κ3) is 1.80. The molecule has 0 radical (unpaired) electrons. The van der Waals surface area contributed by atoms with Gasteiger partial charge in [-0.3, -0.25) is 0 Å². The topological polar surface area (TPSA) is 60.7 Å². The van der Waals surface area contributed by atoms with Crippen LogP contribution in [0.15, 0.2) is 47.5 Å². The molecule has 0 heterocycles. The van der Waals surface area contributed by atoms with Crippen molar-refractivity contribution in [3.05, 3.63) is 47.5 Å². The van der Waals surface area contributed by atoms with Crippen LogP contribution >= 0.6 is 0 Å². The lowest BCUT2D eigenvalue weighted by molar-refractivity contribution is 0.0369. The Kier molecular flexibility index (Phi) is 3.12. The maximum absolute atomic E-state index is 10.3. The van der Waals surface area contributed by atoms with E-state index in [-0.39, 0.29) is 16.6 Å². The van der Waals surface area contributed by atoms with Gasteiger partial charge in [-0.05, 0) is 54.4 Å². The molecule has 1 unspecified atom stereocenters. The summed E-state index contributed by atoms with van der Waals surface area (Å²) in [5.74, 6) is 1.58. The normalized spacial score (nSPS) is 50.0. The van der Waals surface area contributed by atoms with Crippen molar-refractivity contribution in [2.75, 3.05) is 0 Å². The number of hydrogen-bond donors (Lipinski definition) is 3. The van der Waals surface area contributed by atoms with Crippen molar-refractivity contribution in [1.82, 2.24) is 0 Å². The minimum absolute atomic E-state index is 0.109. The zero-order chi connectivity index (χ0) is 16.4. The van der Waals surface area contributed by atoms with E-state index in [4.69, 9.17) is 0 Å². The number of aliphatic hydroxyl groups excluding tert-OH is 3. The third-order valence-electron chi connectivity index (χ3n) is 7.35. The van der Waals surface area contributed by atoms with Gasteiger partial charge in [-0.15, -0.1) is 0 Å². The van der Waals surface area contributed by atoms with Crippen LogP contribution in [0.4, 0.5) is 0 Å². The first-order valence-corrected chi connectivity index (χ1v) is 8.75. The van der Waals surface area contributed by atoms with Crippen LogP contribution in [0, 0.1) is 28.6 Å². The monoisotopic (exact) mass is 314 g/mol. The van der Waals surface area contributed by atoms with Crippen molar-refractivity contribution in [2.45, 2.75) is 45.6 Å². The van der Waals surface area contributed by atoms with E-state index in [2.05, 4.69) is 26.0 Å². The Morgan fingerprint density at radius 1 is 1.17 bits per heavy atom. The van der Waals surface area contributed by atoms with E-state index in [0.29, 0.717) is 17.8 Å². The molecule has 3 heteroatoms. The molecule has 4 rings (SSSR count). The van der Waals surface area contributed by atoms with Crippen molar-refractivity contribution in [1.29, 1.82) is 0 Å². The first kappa shape index (κ1) is 15.1. The minimum atomic E-state index is -0.872. The fourth-order valence-corrected chi connectivity index (χ4v) is 5.93. The number of fused-ring (bicyclic) bond motifs is 5. The van der Waals surface area contributed by atoms with Crippen molar-refractivity contribution in [2.24, 2.45) is 28.6 Å². The van der Waals surface area contributed by atoms with E-state index in [1.807, 2.05) is 6.08 Å². The molecule has 3 nitrogen and oxygen atoms in total. The van der Waals surface area contributed by atoms with Gasteiger partial charge in [-0.2, -0.15) is 0 Å². The summed E-state index contributed by atoms with van der Waals surface area (Å²) in [6.07, 6.45) is 12.9. The van der Waals surface area contributed by atoms with E-state index in [9.17, 15) is 15.3 Å². The highest BCUT2D eigenvalue weighted by atomic mass is 16.3. The molecule has 0 aromatic rings. The second-order valence-electron chi connectivity index (χ2n) is 8.18. The predicted molar refractivity (Wildman–Crippen MR) is 89.8 cm³/mol. The second-order valence-corrected chi connectivity index (χ2v) is 8.18. The minimum Gasteiger partial charge on any atom is -0.516 e. The van der Waals surface area contributed by atoms with Gasteiger partial charge in [0.2, 0.25) is 0 Å². The summed E-state index contributed by atoms with van der Waals surface area (Å²) in [5, 5.41) is 29.9. The molecule has 0 aromatic heterocycles. The lowest BCUT2D eigenvalue weighted by Gasteiger charge is -2.54. The lowest BCUT2D eigenvalue weighted by atomic mass is 9.50. The Morgan fingerprint density at radius 2 is 1.96 bits per heavy atom. The second kappa shape index (κ2) is 4.76. The molecule has 3 N–H and O–H groups in total. The predicted octanol–water partition coefficient (Wildman–Crippen LogP) is 4.19. The van der Waals surface area contributed by atoms with Crippen molar-refractivity contribution in [3.8, 4) is 0 Å². The van der Waals surface area contributed by atoms with Crippen molar-refractivity contribution >= 4 is 0 Å². The summed E-state index contributed by atoms with van der Waals surface area (Å²) in [4.78, 5) is 0. The number of allylic oxidation sites excluding steroid dienone is 5. The van der Waals surface area contributed by atoms with Crippen molar-refractivity contribution < 1.29 is 15.3 Å². The summed E-state index contributed by atoms with van der Waals surface area (Å²) in [7, 11) is 0. The molecule has 2 saturated carbocycles. The highest BCUT2D eigenvalue weighted by Gasteiger charge is 2.56. The zero-order valence-electron chi connectivity index (χ0n) is 13.9. The molecule has 0 amide bonds. The van der Waals surface area contributed by atoms with Gasteiger partial charge >= 0.3 is 0 Å². The molecule has 6 atom stereocenters. The van der Waals surface area contributed by atoms with Gasteiger partial charge < -0.3 is 15.3 Å². The SMILES string of the molecule is C[C@]12C=CC(O)C(O)=C1C=C[C@@H]1[C@@H]2CC[C@]2(C)C(=CO)CC[C@@H]12. The molecule has 4 aliphatic rings. The van der Waals surface area contributed by atoms with Gasteiger partial charge in [0.15, 0.2) is 0 Å². The molecule has 23 heavy (non-hydrogen) atoms. The first-order chi connectivity index (χ1) is 10.9. The van der Waals surface area contributed by atoms with Gasteiger partial charge in [-0.25, -0.2) is 0 Å². The maximum atomic E-state index is 10.3. The fraction of sp³-hybridized carbons (Fsp3) is 0.600. The molecule has 124 valence electrons. The number of rotatable bonds is 0. The standard InChI is InChI=1S/C20H26O3/c1-19-9-7-15-13(14(19)5-3-12(19)11-21)4-6-16-18(23)17(22)8-10-20(15,16)2/h4,6,8,10-11,13-15,17,21-23H,3,5,7,9H2,1-2H3/t13-,14-,15-,17?,19+,20+/m0/s1. The van der Waals surface area contributed by atoms with Gasteiger partial charge in [0.1, 0.15) is 11.9 Å². The summed E-state index contributed by atoms with van der Waals surface area (Å²) < 4.78 is 0. The van der Waals surface area contributed by atoms with E-state index < -0.39 is 6.10 Å². The summed E-state index contributed by atoms with van der Waals surface area (Å²) in [5.41, 5.74) is 2.00. The number of hydrogen-bond acceptors (Lipinski definition) is 3. The van der Waals surface area contributed by atoms with Crippen LogP contribution in [0.1, 0.15) is 39.5 Å². The van der Waals surface area contributed by atoms with Crippen LogP contribution in [-0.4, -0.2) is 21.4 Å². The molecular formula is C20H26O3. The van der Waals surface area contributed by atoms with Crippen LogP contribution in [0.3, 0.4) is 0 Å². The Morgan fingerprint density at radius 3 is 2.70 bits per heavy atom. The van der Waals surface area contributed by atoms with Crippen molar-refractivity contribution in [3.63, 3.8) is 0 Å². The smallest absolute Gasteiger partial charge is 0.129 e. The molecule has 2 fully saturated rings. The van der Waals surface area contributed by atoms with E-state index in [0.717, 1.165) is 31.3 Å². The zero-order valence-corrected chi connectivity index (χ0v) is 13.9. The average molecular weight is 314 g/mol. The average Bonchev–Trinajstić information content (AvgIpc) is 2.88. The van der Waals surface area contributed by atoms with Crippen LogP contribution in [0.5, 0.6) is 0 Å². The van der Waals surface area contributed by atoms with Crippen LogP contribution < -0.4 is 0 Å².